The van der Waals surface area contributed by atoms with Crippen LogP contribution < -0.4 is 76.1 Å². The minimum atomic E-state index is -1.82. The van der Waals surface area contributed by atoms with E-state index in [0.717, 1.165) is 36.3 Å². The number of benzene rings is 3. The summed E-state index contributed by atoms with van der Waals surface area (Å²) in [4.78, 5) is 292. The van der Waals surface area contributed by atoms with Crippen LogP contribution in [0.4, 0.5) is 0 Å². The number of aromatic amines is 2. The maximum Gasteiger partial charge on any atom is 0.323 e. The Hall–Kier alpha value is -14.1. The van der Waals surface area contributed by atoms with E-state index < -0.39 is 266 Å². The third-order valence-electron chi connectivity index (χ3n) is 24.8. The molecule has 3 aliphatic rings. The molecule has 0 radical (unpaired) electrons. The lowest BCUT2D eigenvalue weighted by Gasteiger charge is -2.36. The second kappa shape index (κ2) is 51.4. The van der Waals surface area contributed by atoms with Crippen molar-refractivity contribution in [1.29, 1.82) is 0 Å². The molecule has 3 fully saturated rings. The van der Waals surface area contributed by atoms with E-state index in [1.807, 2.05) is 13.8 Å². The molecule has 3 aromatic carbocycles. The Morgan fingerprint density at radius 2 is 1.14 bits per heavy atom. The van der Waals surface area contributed by atoms with E-state index in [-0.39, 0.29) is 88.2 Å². The lowest BCUT2D eigenvalue weighted by molar-refractivity contribution is -0.149. The van der Waals surface area contributed by atoms with E-state index in [1.165, 1.54) is 75.6 Å². The normalized spacial score (nSPS) is 24.4. The highest BCUT2D eigenvalue weighted by atomic mass is 32.2. The molecule has 139 heavy (non-hydrogen) atoms. The fourth-order valence-corrected chi connectivity index (χ4v) is 18.1. The summed E-state index contributed by atoms with van der Waals surface area (Å²) in [7, 11) is 3.88. The Morgan fingerprint density at radius 3 is 1.78 bits per heavy atom. The molecule has 23 N–H and O–H groups in total. The van der Waals surface area contributed by atoms with E-state index in [0.29, 0.717) is 64.2 Å². The summed E-state index contributed by atoms with van der Waals surface area (Å²) in [6.45, 7) is 6.12. The number of phenolic OH excluding ortho intramolecular Hbond substituents is 1. The molecule has 3 aromatic heterocycles. The molecule has 15 atom stereocenters. The lowest BCUT2D eigenvalue weighted by atomic mass is 9.99. The van der Waals surface area contributed by atoms with Crippen LogP contribution in [-0.2, 0) is 123 Å². The van der Waals surface area contributed by atoms with Gasteiger partial charge in [-0.2, -0.15) is 0 Å². The molecule has 6 heterocycles. The highest BCUT2D eigenvalue weighted by molar-refractivity contribution is 8.00. The highest BCUT2D eigenvalue weighted by Gasteiger charge is 2.47. The summed E-state index contributed by atoms with van der Waals surface area (Å²) < 4.78 is 1.43. The number of hydrogen-bond acceptors (Lipinski definition) is 24. The fourth-order valence-electron chi connectivity index (χ4n) is 17.2. The third-order valence-corrected chi connectivity index (χ3v) is 25.8. The first-order chi connectivity index (χ1) is 66.1. The molecule has 0 saturated carbocycles. The van der Waals surface area contributed by atoms with Crippen molar-refractivity contribution in [2.24, 2.45) is 28.9 Å². The molecule has 0 bridgehead atoms. The molecule has 46 heteroatoms. The van der Waals surface area contributed by atoms with Gasteiger partial charge in [0.2, 0.25) is 106 Å². The smallest absolute Gasteiger partial charge is 0.323 e. The summed E-state index contributed by atoms with van der Waals surface area (Å²) >= 11 is 0.774. The number of amides is 18. The van der Waals surface area contributed by atoms with Crippen LogP contribution in [-0.4, -0.2) is 321 Å². The van der Waals surface area contributed by atoms with Crippen LogP contribution in [0.15, 0.2) is 97.7 Å². The molecule has 0 unspecified atom stereocenters. The number of carbonyl (C=O) groups excluding carboxylic acids is 18. The van der Waals surface area contributed by atoms with Gasteiger partial charge in [0.25, 0.3) is 0 Å². The SMILES string of the molecule is CCCC[C@H]1C(=O)N(C)[C@@H](CCCC)C(=O)N[C@@H](CC(C)C)C(=O)N[C@H](C(=O)NCC(N)=O)CSCC(=O)N[C@@H](Cc2ccc(O)cc2)C(=O)N(C)[C@@H](C)C(=O)N[C@H](CC(N)=O)C(=O)N2CCC[C@H]2C(=O)N[C@@H](Cc2cnc[nH]2)C(=O)N[C@@H](CCC(N)=O)C(=O)N2C[C@H](O)C[C@H]2C(=O)N[C@@H](Cc2c[nH]c3ccccc23)C(=O)N[C@@H](CCN)C(=O)N[C@@H](Cc2cn(CC(=O)O)c3ccccc23)C(=O)N1C. The van der Waals surface area contributed by atoms with Gasteiger partial charge in [-0.3, -0.25) is 91.1 Å². The molecule has 0 spiro atoms. The van der Waals surface area contributed by atoms with Crippen molar-refractivity contribution in [3.05, 3.63) is 120 Å². The second-order valence-corrected chi connectivity index (χ2v) is 36.8. The number of aromatic hydroxyl groups is 1. The zero-order valence-electron chi connectivity index (χ0n) is 79.1. The number of nitrogens with one attached hydrogen (secondary N) is 12. The molecular formula is C93H129N23O22S. The van der Waals surface area contributed by atoms with E-state index in [4.69, 9.17) is 22.9 Å². The third kappa shape index (κ3) is 30.2. The van der Waals surface area contributed by atoms with Gasteiger partial charge < -0.3 is 130 Å². The molecule has 9 rings (SSSR count). The Labute approximate surface area is 806 Å². The number of unbranched alkanes of at least 4 members (excludes halogenated alkanes) is 2. The predicted molar refractivity (Wildman–Crippen MR) is 507 cm³/mol. The number of fused-ring (bicyclic) bond motifs is 4. The van der Waals surface area contributed by atoms with Gasteiger partial charge in [-0.25, -0.2) is 4.98 Å². The van der Waals surface area contributed by atoms with Gasteiger partial charge in [-0.1, -0.05) is 102 Å². The summed E-state index contributed by atoms with van der Waals surface area (Å²) in [5, 5.41) is 59.4. The van der Waals surface area contributed by atoms with Crippen molar-refractivity contribution in [2.45, 2.75) is 247 Å². The number of likely N-dealkylation sites (N-methyl/N-ethyl adjacent to an activating group) is 3. The van der Waals surface area contributed by atoms with Gasteiger partial charge >= 0.3 is 5.97 Å². The molecule has 6 aromatic rings. The summed E-state index contributed by atoms with van der Waals surface area (Å²) in [5.74, 6) is -20.1. The Bertz CT molecular complexity index is 5420. The summed E-state index contributed by atoms with van der Waals surface area (Å²) in [5.41, 5.74) is 25.6. The van der Waals surface area contributed by atoms with Crippen LogP contribution in [0.25, 0.3) is 21.8 Å². The van der Waals surface area contributed by atoms with Crippen LogP contribution in [0.5, 0.6) is 5.75 Å². The van der Waals surface area contributed by atoms with E-state index in [9.17, 15) is 68.1 Å². The largest absolute Gasteiger partial charge is 0.508 e. The maximum absolute atomic E-state index is 16.0. The van der Waals surface area contributed by atoms with Crippen LogP contribution >= 0.6 is 11.8 Å². The number of aliphatic hydroxyl groups is 1. The molecular weight excluding hydrogens is 1820 g/mol. The number of H-pyrrole nitrogens is 2. The number of nitrogens with two attached hydrogens (primary N) is 4. The number of hydrogen-bond donors (Lipinski definition) is 19. The number of carbonyl (C=O) groups is 19. The Balaban J connectivity index is 1.12. The van der Waals surface area contributed by atoms with E-state index >= 15 is 38.4 Å². The number of para-hydroxylation sites is 2. The average molecular weight is 1950 g/mol. The topological polar surface area (TPSA) is 675 Å². The quantitative estimate of drug-likeness (QED) is 0.0233. The number of carboxylic acid groups (broad SMARTS) is 1. The molecule has 45 nitrogen and oxygen atoms in total. The first kappa shape index (κ1) is 109. The standard InChI is InChI=1S/C93H129N23O22S/c1-9-11-21-71-86(131)105-63(34-50(3)4)83(128)110-69(81(126)100-43-77(97)121)47-139-48-78(122)102-66(35-52-25-27-56(117)28-26-52)89(134)111(6)51(5)80(125)108-68(40-76(96)120)92(137)115-33-17-24-72(115)87(132)107-65(38-55-42-98-49-101-55)85(130)104-62(29-30-75(95)119)91(136)116-45-57(118)39-74(116)88(133)106-64(36-53-41-99-60-20-15-13-18-58(53)60)84(129)103-61(31-32-94)82(127)109-67(90(135)113(8)73(22-12-10-2)93(138)112(71)7)37-54-44-114(46-79(123)124)70-23-16-14-19-59(54)70/h13-16,18-20,23,25-28,41-42,44,49-51,57,61-69,71-74,99,117-118H,9-12,17,21-22,24,29-40,43,45-48,94H2,1-8H3,(H2,95,119)(H2,96,120)(H2,97,121)(H,98,101)(H,100,126)(H,102,122)(H,103,129)(H,104,130)(H,105,131)(H,106,133)(H,107,132)(H,108,125)(H,109,127)(H,110,128)(H,123,124)/t51-,57+,61-,62-,63-,64-,65-,66-,67-,68+,69-,71-,72-,73-,74-/m0/s1. The van der Waals surface area contributed by atoms with Crippen LogP contribution in [0.3, 0.4) is 0 Å². The second-order valence-electron chi connectivity index (χ2n) is 35.7. The zero-order valence-corrected chi connectivity index (χ0v) is 79.9. The van der Waals surface area contributed by atoms with Gasteiger partial charge in [0.05, 0.1) is 31.1 Å². The predicted octanol–water partition coefficient (Wildman–Crippen LogP) is -3.01. The number of phenols is 1. The highest BCUT2D eigenvalue weighted by Crippen LogP contribution is 2.29. The minimum absolute atomic E-state index is 0.0114. The Kier molecular flexibility index (Phi) is 40.2. The van der Waals surface area contributed by atoms with Gasteiger partial charge in [-0.15, -0.1) is 11.8 Å². The molecule has 3 saturated heterocycles. The fraction of sp³-hybridized carbons (Fsp3) is 0.527. The minimum Gasteiger partial charge on any atom is -0.508 e. The number of nitrogens with zero attached hydrogens (tertiary/aromatic N) is 7. The first-order valence-electron chi connectivity index (χ1n) is 46.4. The van der Waals surface area contributed by atoms with Crippen molar-refractivity contribution < 1.29 is 106 Å². The van der Waals surface area contributed by atoms with Crippen molar-refractivity contribution in [3.63, 3.8) is 0 Å². The number of aliphatic carboxylic acids is 1. The maximum atomic E-state index is 16.0. The van der Waals surface area contributed by atoms with Crippen molar-refractivity contribution >= 4 is 146 Å². The van der Waals surface area contributed by atoms with Crippen LogP contribution in [0.1, 0.15) is 147 Å². The first-order valence-corrected chi connectivity index (χ1v) is 47.6. The van der Waals surface area contributed by atoms with Gasteiger partial charge in [0, 0.05) is 125 Å². The number of aromatic nitrogens is 4. The number of thioether (sulfide) groups is 1. The van der Waals surface area contributed by atoms with Crippen molar-refractivity contribution in [2.75, 3.05) is 58.8 Å². The number of primary amides is 3. The lowest BCUT2D eigenvalue weighted by Crippen LogP contribution is -2.61. The van der Waals surface area contributed by atoms with Crippen LogP contribution in [0.2, 0.25) is 0 Å². The Morgan fingerprint density at radius 1 is 0.561 bits per heavy atom. The van der Waals surface area contributed by atoms with Crippen molar-refractivity contribution in [3.8, 4) is 5.75 Å². The van der Waals surface area contributed by atoms with E-state index in [1.54, 1.807) is 68.6 Å². The van der Waals surface area contributed by atoms with Gasteiger partial charge in [-0.05, 0) is 105 Å². The molecule has 18 amide bonds. The van der Waals surface area contributed by atoms with Gasteiger partial charge in [0.15, 0.2) is 0 Å². The number of rotatable bonds is 28. The average Bonchev–Trinajstić information content (AvgIpc) is 1.66. The molecule has 3 aliphatic heterocycles. The molecule has 754 valence electrons. The zero-order chi connectivity index (χ0) is 102. The van der Waals surface area contributed by atoms with E-state index in [2.05, 4.69) is 68.1 Å². The van der Waals surface area contributed by atoms with Crippen molar-refractivity contribution in [1.82, 2.24) is 97.2 Å². The number of aliphatic hydroxyl groups excluding tert-OH is 1. The van der Waals surface area contributed by atoms with Crippen LogP contribution in [0, 0.1) is 5.92 Å². The van der Waals surface area contributed by atoms with Gasteiger partial charge in [0.1, 0.15) is 96.9 Å². The number of carboxylic acids is 1. The summed E-state index contributed by atoms with van der Waals surface area (Å²) in [6, 6.07) is -3.18. The monoisotopic (exact) mass is 1950 g/mol. The molecule has 0 aliphatic carbocycles. The summed E-state index contributed by atoms with van der Waals surface area (Å²) in [6.07, 6.45) is 1.54. The number of imidazole rings is 1.